The lowest BCUT2D eigenvalue weighted by Crippen LogP contribution is -2.24. The van der Waals surface area contributed by atoms with E-state index in [1.165, 1.54) is 16.0 Å². The fraction of sp³-hybridized carbons (Fsp3) is 0.455. The van der Waals surface area contributed by atoms with E-state index in [2.05, 4.69) is 32.0 Å². The van der Waals surface area contributed by atoms with E-state index in [1.54, 1.807) is 0 Å². The van der Waals surface area contributed by atoms with Crippen molar-refractivity contribution in [2.45, 2.75) is 24.8 Å². The minimum absolute atomic E-state index is 0.233. The monoisotopic (exact) mass is 193 g/mol. The average molecular weight is 193 g/mol. The van der Waals surface area contributed by atoms with Gasteiger partial charge in [0.25, 0.3) is 0 Å². The van der Waals surface area contributed by atoms with Crippen LogP contribution >= 0.6 is 11.8 Å². The number of rotatable bonds is 0. The third-order valence-corrected chi connectivity index (χ3v) is 4.01. The highest BCUT2D eigenvalue weighted by molar-refractivity contribution is 7.99. The van der Waals surface area contributed by atoms with Gasteiger partial charge in [-0.1, -0.05) is 24.6 Å². The molecule has 2 N–H and O–H groups in total. The molecule has 70 valence electrons. The number of thioether (sulfide) groups is 1. The van der Waals surface area contributed by atoms with Gasteiger partial charge in [0.15, 0.2) is 0 Å². The van der Waals surface area contributed by atoms with E-state index in [4.69, 9.17) is 5.73 Å². The van der Waals surface area contributed by atoms with Crippen LogP contribution in [0.25, 0.3) is 0 Å². The normalized spacial score (nSPS) is 27.0. The molecule has 1 aromatic carbocycles. The van der Waals surface area contributed by atoms with Gasteiger partial charge < -0.3 is 5.73 Å². The summed E-state index contributed by atoms with van der Waals surface area (Å²) in [5.41, 5.74) is 8.79. The van der Waals surface area contributed by atoms with Crippen molar-refractivity contribution in [3.8, 4) is 0 Å². The molecule has 2 rings (SSSR count). The molecule has 1 aromatic rings. The van der Waals surface area contributed by atoms with Gasteiger partial charge in [0.05, 0.1) is 0 Å². The smallest absolute Gasteiger partial charge is 0.0340 e. The van der Waals surface area contributed by atoms with Crippen LogP contribution in [-0.2, 0) is 0 Å². The van der Waals surface area contributed by atoms with Crippen LogP contribution in [0.3, 0.4) is 0 Å². The molecule has 0 saturated heterocycles. The van der Waals surface area contributed by atoms with Gasteiger partial charge in [-0.05, 0) is 24.5 Å². The Morgan fingerprint density at radius 3 is 3.00 bits per heavy atom. The second-order valence-electron chi connectivity index (χ2n) is 3.86. The fourth-order valence-electron chi connectivity index (χ4n) is 1.69. The largest absolute Gasteiger partial charge is 0.324 e. The first-order chi connectivity index (χ1) is 6.18. The van der Waals surface area contributed by atoms with Gasteiger partial charge >= 0.3 is 0 Å². The lowest BCUT2D eigenvalue weighted by molar-refractivity contribution is 0.507. The van der Waals surface area contributed by atoms with Gasteiger partial charge in [-0.25, -0.2) is 0 Å². The van der Waals surface area contributed by atoms with Crippen molar-refractivity contribution in [2.24, 2.45) is 11.7 Å². The van der Waals surface area contributed by atoms with E-state index in [0.717, 1.165) is 5.75 Å². The van der Waals surface area contributed by atoms with E-state index >= 15 is 0 Å². The molecule has 1 aliphatic rings. The summed E-state index contributed by atoms with van der Waals surface area (Å²) in [6, 6.07) is 6.81. The summed E-state index contributed by atoms with van der Waals surface area (Å²) in [5, 5.41) is 0. The molecule has 1 nitrogen and oxygen atoms in total. The molecule has 0 aromatic heterocycles. The molecular formula is C11H15NS. The summed E-state index contributed by atoms with van der Waals surface area (Å²) in [7, 11) is 0. The van der Waals surface area contributed by atoms with Crippen molar-refractivity contribution >= 4 is 11.8 Å². The van der Waals surface area contributed by atoms with Crippen LogP contribution in [0.1, 0.15) is 24.1 Å². The van der Waals surface area contributed by atoms with E-state index in [9.17, 15) is 0 Å². The minimum Gasteiger partial charge on any atom is -0.324 e. The van der Waals surface area contributed by atoms with E-state index in [-0.39, 0.29) is 6.04 Å². The van der Waals surface area contributed by atoms with Gasteiger partial charge in [0.1, 0.15) is 0 Å². The summed E-state index contributed by atoms with van der Waals surface area (Å²) >= 11 is 1.93. The highest BCUT2D eigenvalue weighted by Gasteiger charge is 2.23. The molecule has 13 heavy (non-hydrogen) atoms. The van der Waals surface area contributed by atoms with Gasteiger partial charge in [0, 0.05) is 16.7 Å². The number of aryl methyl sites for hydroxylation is 1. The van der Waals surface area contributed by atoms with Crippen molar-refractivity contribution in [3.63, 3.8) is 0 Å². The molecule has 1 aliphatic heterocycles. The molecule has 0 fully saturated rings. The Balaban J connectivity index is 2.45. The summed E-state index contributed by atoms with van der Waals surface area (Å²) in [6.07, 6.45) is 0. The molecule has 0 radical (unpaired) electrons. The van der Waals surface area contributed by atoms with Crippen LogP contribution in [0.5, 0.6) is 0 Å². The second kappa shape index (κ2) is 3.35. The lowest BCUT2D eigenvalue weighted by atomic mass is 9.95. The second-order valence-corrected chi connectivity index (χ2v) is 4.92. The highest BCUT2D eigenvalue weighted by atomic mass is 32.2. The van der Waals surface area contributed by atoms with Crippen molar-refractivity contribution in [2.75, 3.05) is 5.75 Å². The average Bonchev–Trinajstić information content (AvgIpc) is 2.12. The van der Waals surface area contributed by atoms with Crippen molar-refractivity contribution in [3.05, 3.63) is 29.3 Å². The third-order valence-electron chi connectivity index (χ3n) is 2.64. The van der Waals surface area contributed by atoms with Crippen LogP contribution in [0, 0.1) is 12.8 Å². The summed E-state index contributed by atoms with van der Waals surface area (Å²) in [5.74, 6) is 1.75. The Morgan fingerprint density at radius 1 is 1.46 bits per heavy atom. The zero-order chi connectivity index (χ0) is 9.42. The first kappa shape index (κ1) is 9.10. The molecule has 0 aliphatic carbocycles. The highest BCUT2D eigenvalue weighted by Crippen LogP contribution is 2.38. The number of nitrogens with two attached hydrogens (primary N) is 1. The number of fused-ring (bicyclic) bond motifs is 1. The molecule has 0 spiro atoms. The first-order valence-corrected chi connectivity index (χ1v) is 5.66. The van der Waals surface area contributed by atoms with Crippen LogP contribution < -0.4 is 5.73 Å². The molecular weight excluding hydrogens is 178 g/mol. The maximum atomic E-state index is 6.15. The quantitative estimate of drug-likeness (QED) is 0.685. The molecule has 1 heterocycles. The van der Waals surface area contributed by atoms with Crippen molar-refractivity contribution < 1.29 is 0 Å². The molecule has 2 atom stereocenters. The zero-order valence-corrected chi connectivity index (χ0v) is 8.90. The topological polar surface area (TPSA) is 26.0 Å². The summed E-state index contributed by atoms with van der Waals surface area (Å²) in [6.45, 7) is 4.35. The van der Waals surface area contributed by atoms with Crippen LogP contribution in [0.4, 0.5) is 0 Å². The van der Waals surface area contributed by atoms with Gasteiger partial charge in [-0.2, -0.15) is 0 Å². The predicted molar refractivity (Wildman–Crippen MR) is 58.0 cm³/mol. The van der Waals surface area contributed by atoms with Crippen LogP contribution in [-0.4, -0.2) is 5.75 Å². The molecule has 0 bridgehead atoms. The van der Waals surface area contributed by atoms with Gasteiger partial charge in [0.2, 0.25) is 0 Å². The molecule has 2 heteroatoms. The summed E-state index contributed by atoms with van der Waals surface area (Å²) in [4.78, 5) is 1.37. The SMILES string of the molecule is Cc1ccc2c(c1)C(N)C(C)CS2. The standard InChI is InChI=1S/C11H15NS/c1-7-3-4-10-9(5-7)11(12)8(2)6-13-10/h3-5,8,11H,6,12H2,1-2H3. The van der Waals surface area contributed by atoms with Crippen LogP contribution in [0.2, 0.25) is 0 Å². The Bertz CT molecular complexity index is 322. The lowest BCUT2D eigenvalue weighted by Gasteiger charge is -2.28. The van der Waals surface area contributed by atoms with Gasteiger partial charge in [-0.3, -0.25) is 0 Å². The predicted octanol–water partition coefficient (Wildman–Crippen LogP) is 2.74. The molecule has 2 unspecified atom stereocenters. The number of hydrogen-bond acceptors (Lipinski definition) is 2. The first-order valence-electron chi connectivity index (χ1n) is 4.67. The zero-order valence-electron chi connectivity index (χ0n) is 8.08. The van der Waals surface area contributed by atoms with Gasteiger partial charge in [-0.15, -0.1) is 11.8 Å². The summed E-state index contributed by atoms with van der Waals surface area (Å²) < 4.78 is 0. The van der Waals surface area contributed by atoms with Crippen LogP contribution in [0.15, 0.2) is 23.1 Å². The van der Waals surface area contributed by atoms with Crippen molar-refractivity contribution in [1.82, 2.24) is 0 Å². The number of hydrogen-bond donors (Lipinski definition) is 1. The molecule has 0 saturated carbocycles. The van der Waals surface area contributed by atoms with E-state index < -0.39 is 0 Å². The van der Waals surface area contributed by atoms with Crippen molar-refractivity contribution in [1.29, 1.82) is 0 Å². The maximum absolute atomic E-state index is 6.15. The molecule has 0 amide bonds. The Hall–Kier alpha value is -0.470. The van der Waals surface area contributed by atoms with E-state index in [0.29, 0.717) is 5.92 Å². The fourth-order valence-corrected chi connectivity index (χ4v) is 2.87. The number of benzene rings is 1. The van der Waals surface area contributed by atoms with E-state index in [1.807, 2.05) is 11.8 Å². The third kappa shape index (κ3) is 1.61. The Kier molecular flexibility index (Phi) is 2.35. The maximum Gasteiger partial charge on any atom is 0.0340 e. The Labute approximate surface area is 83.7 Å². The Morgan fingerprint density at radius 2 is 2.23 bits per heavy atom. The minimum atomic E-state index is 0.233.